The highest BCUT2D eigenvalue weighted by Crippen LogP contribution is 2.48. The summed E-state index contributed by atoms with van der Waals surface area (Å²) in [6.07, 6.45) is 0. The maximum absolute atomic E-state index is 12.2. The summed E-state index contributed by atoms with van der Waals surface area (Å²) in [6.45, 7) is 0. The largest absolute Gasteiger partial charge is 0.465 e. The van der Waals surface area contributed by atoms with Crippen molar-refractivity contribution in [1.82, 2.24) is 0 Å². The number of hydrogen-bond acceptors (Lipinski definition) is 4. The van der Waals surface area contributed by atoms with Gasteiger partial charge in [-0.3, -0.25) is 0 Å². The zero-order valence-electron chi connectivity index (χ0n) is 15.4. The van der Waals surface area contributed by atoms with E-state index >= 15 is 0 Å². The summed E-state index contributed by atoms with van der Waals surface area (Å²) in [5.74, 6) is -1.12. The summed E-state index contributed by atoms with van der Waals surface area (Å²) < 4.78 is 9.73. The first-order chi connectivity index (χ1) is 13.6. The van der Waals surface area contributed by atoms with Gasteiger partial charge in [-0.15, -0.1) is 0 Å². The van der Waals surface area contributed by atoms with Gasteiger partial charge < -0.3 is 9.47 Å². The van der Waals surface area contributed by atoms with Crippen LogP contribution in [0.15, 0.2) is 60.7 Å². The third kappa shape index (κ3) is 2.18. The van der Waals surface area contributed by atoms with E-state index in [9.17, 15) is 9.59 Å². The molecular formula is C24H16O4. The molecule has 4 aromatic rings. The van der Waals surface area contributed by atoms with E-state index in [0.717, 1.165) is 21.9 Å². The standard InChI is InChI=1S/C24H16O4/c1-27-23(25)20-11-14-9-18-16-7-3-5-13-6-4-8-17(22(13)16)19(18)10-15(14)12-21(20)24(26)28-2/h3-12H,1-2H3. The summed E-state index contributed by atoms with van der Waals surface area (Å²) in [7, 11) is 2.60. The van der Waals surface area contributed by atoms with Gasteiger partial charge in [0, 0.05) is 0 Å². The number of ether oxygens (including phenoxy) is 2. The Hall–Kier alpha value is -3.66. The molecular weight excluding hydrogens is 352 g/mol. The number of hydrogen-bond donors (Lipinski definition) is 0. The van der Waals surface area contributed by atoms with E-state index in [2.05, 4.69) is 48.5 Å². The van der Waals surface area contributed by atoms with Crippen LogP contribution in [0, 0.1) is 0 Å². The van der Waals surface area contributed by atoms with Gasteiger partial charge in [0.1, 0.15) is 0 Å². The number of carbonyl (C=O) groups is 2. The lowest BCUT2D eigenvalue weighted by Gasteiger charge is -2.11. The molecule has 0 heterocycles. The summed E-state index contributed by atoms with van der Waals surface area (Å²) in [6, 6.07) is 20.1. The fourth-order valence-electron chi connectivity index (χ4n) is 4.14. The average molecular weight is 368 g/mol. The minimum atomic E-state index is -0.562. The lowest BCUT2D eigenvalue weighted by Crippen LogP contribution is -2.11. The van der Waals surface area contributed by atoms with Gasteiger partial charge in [0.2, 0.25) is 0 Å². The van der Waals surface area contributed by atoms with Gasteiger partial charge in [0.25, 0.3) is 0 Å². The second kappa shape index (κ2) is 5.92. The van der Waals surface area contributed by atoms with Crippen LogP contribution in [0.1, 0.15) is 20.7 Å². The highest BCUT2D eigenvalue weighted by Gasteiger charge is 2.24. The van der Waals surface area contributed by atoms with Crippen LogP contribution in [0.25, 0.3) is 43.8 Å². The zero-order chi connectivity index (χ0) is 19.4. The van der Waals surface area contributed by atoms with Gasteiger partial charge in [-0.25, -0.2) is 9.59 Å². The molecule has 5 rings (SSSR count). The molecule has 0 aliphatic heterocycles. The Morgan fingerprint density at radius 3 is 1.50 bits per heavy atom. The van der Waals surface area contributed by atoms with E-state index in [1.165, 1.54) is 36.1 Å². The van der Waals surface area contributed by atoms with Crippen LogP contribution in [-0.2, 0) is 9.47 Å². The van der Waals surface area contributed by atoms with Crippen molar-refractivity contribution in [2.24, 2.45) is 0 Å². The lowest BCUT2D eigenvalue weighted by atomic mass is 9.95. The molecule has 0 aromatic heterocycles. The van der Waals surface area contributed by atoms with Crippen molar-refractivity contribution in [2.45, 2.75) is 0 Å². The highest BCUT2D eigenvalue weighted by atomic mass is 16.5. The minimum absolute atomic E-state index is 0.204. The van der Waals surface area contributed by atoms with Gasteiger partial charge in [0.15, 0.2) is 0 Å². The Bertz CT molecular complexity index is 1220. The van der Waals surface area contributed by atoms with E-state index in [0.29, 0.717) is 0 Å². The third-order valence-electron chi connectivity index (χ3n) is 5.41. The summed E-state index contributed by atoms with van der Waals surface area (Å²) in [5.41, 5.74) is 5.02. The Morgan fingerprint density at radius 1 is 0.607 bits per heavy atom. The highest BCUT2D eigenvalue weighted by molar-refractivity contribution is 6.18. The van der Waals surface area contributed by atoms with Crippen LogP contribution in [-0.4, -0.2) is 26.2 Å². The maximum atomic E-state index is 12.2. The molecule has 1 aliphatic carbocycles. The van der Waals surface area contributed by atoms with Crippen LogP contribution >= 0.6 is 0 Å². The van der Waals surface area contributed by atoms with Crippen molar-refractivity contribution in [3.63, 3.8) is 0 Å². The van der Waals surface area contributed by atoms with Gasteiger partial charge >= 0.3 is 11.9 Å². The fraction of sp³-hybridized carbons (Fsp3) is 0.0833. The quantitative estimate of drug-likeness (QED) is 0.401. The Morgan fingerprint density at radius 2 is 1.07 bits per heavy atom. The first-order valence-corrected chi connectivity index (χ1v) is 8.93. The van der Waals surface area contributed by atoms with E-state index in [1.807, 2.05) is 0 Å². The number of methoxy groups -OCH3 is 2. The fourth-order valence-corrected chi connectivity index (χ4v) is 4.14. The van der Waals surface area contributed by atoms with E-state index in [1.54, 1.807) is 12.1 Å². The van der Waals surface area contributed by atoms with Crippen LogP contribution in [0.3, 0.4) is 0 Å². The topological polar surface area (TPSA) is 52.6 Å². The lowest BCUT2D eigenvalue weighted by molar-refractivity contribution is 0.0555. The molecule has 136 valence electrons. The molecule has 0 bridgehead atoms. The first-order valence-electron chi connectivity index (χ1n) is 8.93. The second-order valence-electron chi connectivity index (χ2n) is 6.84. The minimum Gasteiger partial charge on any atom is -0.465 e. The van der Waals surface area contributed by atoms with Crippen LogP contribution in [0.2, 0.25) is 0 Å². The van der Waals surface area contributed by atoms with Crippen molar-refractivity contribution in [1.29, 1.82) is 0 Å². The van der Waals surface area contributed by atoms with Gasteiger partial charge in [0.05, 0.1) is 25.3 Å². The maximum Gasteiger partial charge on any atom is 0.338 e. The van der Waals surface area contributed by atoms with Gasteiger partial charge in [-0.05, 0) is 68.1 Å². The van der Waals surface area contributed by atoms with Crippen molar-refractivity contribution < 1.29 is 19.1 Å². The number of esters is 2. The van der Waals surface area contributed by atoms with Crippen molar-refractivity contribution in [3.05, 3.63) is 71.8 Å². The van der Waals surface area contributed by atoms with Crippen molar-refractivity contribution in [2.75, 3.05) is 14.2 Å². The summed E-state index contributed by atoms with van der Waals surface area (Å²) in [5, 5.41) is 4.17. The van der Waals surface area contributed by atoms with Crippen molar-refractivity contribution >= 4 is 33.5 Å². The first kappa shape index (κ1) is 16.5. The van der Waals surface area contributed by atoms with Gasteiger partial charge in [-0.2, -0.15) is 0 Å². The monoisotopic (exact) mass is 368 g/mol. The molecule has 4 heteroatoms. The van der Waals surface area contributed by atoms with Gasteiger partial charge in [-0.1, -0.05) is 36.4 Å². The zero-order valence-corrected chi connectivity index (χ0v) is 15.4. The van der Waals surface area contributed by atoms with Crippen LogP contribution < -0.4 is 0 Å². The number of fused-ring (bicyclic) bond motifs is 4. The van der Waals surface area contributed by atoms with Crippen LogP contribution in [0.5, 0.6) is 0 Å². The Labute approximate surface area is 161 Å². The Kier molecular flexibility index (Phi) is 3.49. The molecule has 0 N–H and O–H groups in total. The molecule has 0 amide bonds. The smallest absolute Gasteiger partial charge is 0.338 e. The van der Waals surface area contributed by atoms with Crippen LogP contribution in [0.4, 0.5) is 0 Å². The van der Waals surface area contributed by atoms with Crippen molar-refractivity contribution in [3.8, 4) is 22.3 Å². The normalized spacial score (nSPS) is 11.5. The number of rotatable bonds is 2. The predicted octanol–water partition coefficient (Wildman–Crippen LogP) is 5.21. The molecule has 0 radical (unpaired) electrons. The van der Waals surface area contributed by atoms with E-state index < -0.39 is 11.9 Å². The molecule has 0 saturated carbocycles. The number of benzene rings is 4. The Balaban J connectivity index is 1.84. The second-order valence-corrected chi connectivity index (χ2v) is 6.84. The third-order valence-corrected chi connectivity index (χ3v) is 5.41. The molecule has 4 nitrogen and oxygen atoms in total. The van der Waals surface area contributed by atoms with E-state index in [4.69, 9.17) is 9.47 Å². The average Bonchev–Trinajstić information content (AvgIpc) is 3.05. The molecule has 0 unspecified atom stereocenters. The molecule has 1 aliphatic rings. The summed E-state index contributed by atoms with van der Waals surface area (Å²) >= 11 is 0. The number of carbonyl (C=O) groups excluding carboxylic acids is 2. The molecule has 4 aromatic carbocycles. The molecule has 0 spiro atoms. The molecule has 28 heavy (non-hydrogen) atoms. The molecule has 0 fully saturated rings. The van der Waals surface area contributed by atoms with E-state index in [-0.39, 0.29) is 11.1 Å². The SMILES string of the molecule is COC(=O)c1cc2cc3c(cc2cc1C(=O)OC)-c1cccc2cccc-3c12. The summed E-state index contributed by atoms with van der Waals surface area (Å²) in [4.78, 5) is 24.5. The molecule has 0 atom stereocenters. The predicted molar refractivity (Wildman–Crippen MR) is 109 cm³/mol. The molecule has 0 saturated heterocycles.